The molecule has 0 bridgehead atoms. The minimum Gasteiger partial charge on any atom is -0.481 e. The molecule has 2 aromatic carbocycles. The first-order chi connectivity index (χ1) is 16.9. The van der Waals surface area contributed by atoms with Crippen LogP contribution in [0.5, 0.6) is 0 Å². The minimum atomic E-state index is -0.906. The van der Waals surface area contributed by atoms with E-state index in [1.807, 2.05) is 31.2 Å². The van der Waals surface area contributed by atoms with E-state index in [-0.39, 0.29) is 31.3 Å². The number of carbonyl (C=O) groups is 3. The van der Waals surface area contributed by atoms with Gasteiger partial charge in [-0.05, 0) is 41.5 Å². The quantitative estimate of drug-likeness (QED) is 0.471. The van der Waals surface area contributed by atoms with Gasteiger partial charge in [0.05, 0.1) is 12.0 Å². The number of ether oxygens (including phenoxy) is 1. The topological polar surface area (TPSA) is 105 Å². The molecule has 2 amide bonds. The van der Waals surface area contributed by atoms with Crippen molar-refractivity contribution in [1.82, 2.24) is 10.6 Å². The second kappa shape index (κ2) is 10.9. The fourth-order valence-electron chi connectivity index (χ4n) is 5.54. The van der Waals surface area contributed by atoms with Gasteiger partial charge in [-0.1, -0.05) is 74.7 Å². The number of rotatable bonds is 9. The zero-order chi connectivity index (χ0) is 24.8. The van der Waals surface area contributed by atoms with Crippen molar-refractivity contribution in [2.75, 3.05) is 6.61 Å². The van der Waals surface area contributed by atoms with E-state index in [1.165, 1.54) is 11.1 Å². The maximum atomic E-state index is 12.8. The van der Waals surface area contributed by atoms with Crippen molar-refractivity contribution in [2.24, 2.45) is 0 Å². The number of aliphatic carboxylic acids is 1. The fourth-order valence-corrected chi connectivity index (χ4v) is 5.54. The maximum Gasteiger partial charge on any atom is 0.407 e. The van der Waals surface area contributed by atoms with E-state index in [2.05, 4.69) is 34.9 Å². The van der Waals surface area contributed by atoms with Gasteiger partial charge in [-0.15, -0.1) is 0 Å². The molecule has 7 heteroatoms. The molecule has 3 N–H and O–H groups in total. The summed E-state index contributed by atoms with van der Waals surface area (Å²) >= 11 is 0. The average molecular weight is 479 g/mol. The van der Waals surface area contributed by atoms with Crippen molar-refractivity contribution in [3.05, 3.63) is 59.7 Å². The number of nitrogens with one attached hydrogen (secondary N) is 2. The van der Waals surface area contributed by atoms with Gasteiger partial charge in [0.15, 0.2) is 0 Å². The van der Waals surface area contributed by atoms with Gasteiger partial charge in [-0.25, -0.2) is 4.79 Å². The highest BCUT2D eigenvalue weighted by Crippen LogP contribution is 2.44. The fraction of sp³-hybridized carbons (Fsp3) is 0.464. The zero-order valence-corrected chi connectivity index (χ0v) is 20.2. The first-order valence-corrected chi connectivity index (χ1v) is 12.5. The lowest BCUT2D eigenvalue weighted by atomic mass is 9.79. The maximum absolute atomic E-state index is 12.8. The van der Waals surface area contributed by atoms with Gasteiger partial charge >= 0.3 is 12.1 Å². The zero-order valence-electron chi connectivity index (χ0n) is 20.2. The number of hydrogen-bond acceptors (Lipinski definition) is 4. The predicted molar refractivity (Wildman–Crippen MR) is 133 cm³/mol. The van der Waals surface area contributed by atoms with E-state index >= 15 is 0 Å². The minimum absolute atomic E-state index is 0.0290. The Morgan fingerprint density at radius 2 is 1.60 bits per heavy atom. The summed E-state index contributed by atoms with van der Waals surface area (Å²) in [5.41, 5.74) is 3.92. The van der Waals surface area contributed by atoms with Gasteiger partial charge in [0.2, 0.25) is 5.91 Å². The van der Waals surface area contributed by atoms with Crippen LogP contribution in [0, 0.1) is 0 Å². The van der Waals surface area contributed by atoms with Crippen LogP contribution in [-0.2, 0) is 14.3 Å². The standard InChI is InChI=1S/C28H34N2O5/c1-2-19(16-25(31)30-28(17-26(32)33)14-8-3-9-15-28)29-27(34)35-18-24-22-12-6-4-10-20(22)21-11-5-7-13-23(21)24/h4-7,10-13,19,24H,2-3,8-9,14-18H2,1H3,(H,29,34)(H,30,31)(H,32,33)/t19-/m1/s1. The summed E-state index contributed by atoms with van der Waals surface area (Å²) < 4.78 is 5.62. The molecular formula is C28H34N2O5. The third-order valence-corrected chi connectivity index (χ3v) is 7.30. The lowest BCUT2D eigenvalue weighted by molar-refractivity contribution is -0.139. The van der Waals surface area contributed by atoms with Gasteiger partial charge in [-0.3, -0.25) is 9.59 Å². The summed E-state index contributed by atoms with van der Waals surface area (Å²) in [5, 5.41) is 15.1. The van der Waals surface area contributed by atoms with Crippen molar-refractivity contribution in [3.63, 3.8) is 0 Å². The predicted octanol–water partition coefficient (Wildman–Crippen LogP) is 4.99. The molecule has 35 heavy (non-hydrogen) atoms. The third-order valence-electron chi connectivity index (χ3n) is 7.30. The molecule has 2 aliphatic carbocycles. The summed E-state index contributed by atoms with van der Waals surface area (Å²) in [4.78, 5) is 36.8. The number of fused-ring (bicyclic) bond motifs is 3. The van der Waals surface area contributed by atoms with E-state index in [0.717, 1.165) is 30.4 Å². The Hall–Kier alpha value is -3.35. The lowest BCUT2D eigenvalue weighted by Gasteiger charge is -2.37. The molecule has 2 aromatic rings. The van der Waals surface area contributed by atoms with E-state index in [4.69, 9.17) is 4.74 Å². The highest BCUT2D eigenvalue weighted by Gasteiger charge is 2.36. The molecule has 0 heterocycles. The third kappa shape index (κ3) is 5.84. The van der Waals surface area contributed by atoms with E-state index in [1.54, 1.807) is 0 Å². The van der Waals surface area contributed by atoms with Crippen LogP contribution >= 0.6 is 0 Å². The smallest absolute Gasteiger partial charge is 0.407 e. The van der Waals surface area contributed by atoms with Crippen LogP contribution in [0.15, 0.2) is 48.5 Å². The first-order valence-electron chi connectivity index (χ1n) is 12.5. The summed E-state index contributed by atoms with van der Waals surface area (Å²) in [7, 11) is 0. The molecule has 2 aliphatic rings. The van der Waals surface area contributed by atoms with Crippen LogP contribution in [0.3, 0.4) is 0 Å². The SMILES string of the molecule is CC[C@H](CC(=O)NC1(CC(=O)O)CCCCC1)NC(=O)OCC1c2ccccc2-c2ccccc21. The molecule has 7 nitrogen and oxygen atoms in total. The van der Waals surface area contributed by atoms with Gasteiger partial charge in [0.25, 0.3) is 0 Å². The lowest BCUT2D eigenvalue weighted by Crippen LogP contribution is -2.52. The van der Waals surface area contributed by atoms with Crippen LogP contribution in [0.1, 0.15) is 75.3 Å². The van der Waals surface area contributed by atoms with Crippen LogP contribution in [0.25, 0.3) is 11.1 Å². The molecule has 0 saturated heterocycles. The molecule has 1 fully saturated rings. The van der Waals surface area contributed by atoms with Gasteiger partial charge < -0.3 is 20.5 Å². The van der Waals surface area contributed by atoms with E-state index < -0.39 is 23.6 Å². The van der Waals surface area contributed by atoms with Crippen molar-refractivity contribution >= 4 is 18.0 Å². The number of hydrogen-bond donors (Lipinski definition) is 3. The molecule has 4 rings (SSSR count). The van der Waals surface area contributed by atoms with Gasteiger partial charge in [0.1, 0.15) is 6.61 Å². The average Bonchev–Trinajstić information content (AvgIpc) is 3.16. The number of benzene rings is 2. The monoisotopic (exact) mass is 478 g/mol. The number of amides is 2. The number of alkyl carbamates (subject to hydrolysis) is 1. The van der Waals surface area contributed by atoms with Crippen molar-refractivity contribution < 1.29 is 24.2 Å². The Labute approximate surface area is 206 Å². The van der Waals surface area contributed by atoms with Gasteiger partial charge in [-0.2, -0.15) is 0 Å². The summed E-state index contributed by atoms with van der Waals surface area (Å²) in [5.74, 6) is -1.17. The van der Waals surface area contributed by atoms with Crippen LogP contribution in [0.4, 0.5) is 4.79 Å². The highest BCUT2D eigenvalue weighted by molar-refractivity contribution is 5.80. The van der Waals surface area contributed by atoms with Crippen LogP contribution in [0.2, 0.25) is 0 Å². The van der Waals surface area contributed by atoms with Crippen molar-refractivity contribution in [3.8, 4) is 11.1 Å². The second-order valence-corrected chi connectivity index (χ2v) is 9.74. The summed E-state index contributed by atoms with van der Waals surface area (Å²) in [6.45, 7) is 2.11. The molecule has 0 unspecified atom stereocenters. The summed E-state index contributed by atoms with van der Waals surface area (Å²) in [6.07, 6.45) is 4.22. The van der Waals surface area contributed by atoms with Crippen LogP contribution < -0.4 is 10.6 Å². The molecule has 0 aliphatic heterocycles. The molecule has 0 aromatic heterocycles. The molecule has 1 saturated carbocycles. The molecule has 0 spiro atoms. The van der Waals surface area contributed by atoms with E-state index in [9.17, 15) is 19.5 Å². The Kier molecular flexibility index (Phi) is 7.73. The van der Waals surface area contributed by atoms with Crippen LogP contribution in [-0.4, -0.2) is 41.3 Å². The number of carboxylic acid groups (broad SMARTS) is 1. The van der Waals surface area contributed by atoms with E-state index in [0.29, 0.717) is 19.3 Å². The Bertz CT molecular complexity index is 1030. The highest BCUT2D eigenvalue weighted by atomic mass is 16.5. The normalized spacial score (nSPS) is 17.1. The first kappa shape index (κ1) is 24.8. The Balaban J connectivity index is 1.33. The van der Waals surface area contributed by atoms with Crippen molar-refractivity contribution in [1.29, 1.82) is 0 Å². The molecular weight excluding hydrogens is 444 g/mol. The largest absolute Gasteiger partial charge is 0.481 e. The Morgan fingerprint density at radius 1 is 1.00 bits per heavy atom. The van der Waals surface area contributed by atoms with Gasteiger partial charge in [0, 0.05) is 18.4 Å². The second-order valence-electron chi connectivity index (χ2n) is 9.74. The number of carboxylic acids is 1. The molecule has 1 atom stereocenters. The number of carbonyl (C=O) groups excluding carboxylic acids is 2. The summed E-state index contributed by atoms with van der Waals surface area (Å²) in [6, 6.07) is 15.9. The molecule has 0 radical (unpaired) electrons. The molecule has 186 valence electrons. The van der Waals surface area contributed by atoms with Crippen molar-refractivity contribution in [2.45, 2.75) is 75.8 Å². The Morgan fingerprint density at radius 3 is 2.17 bits per heavy atom.